The molecule has 1 aliphatic carbocycles. The summed E-state index contributed by atoms with van der Waals surface area (Å²) >= 11 is 0. The van der Waals surface area contributed by atoms with Gasteiger partial charge >= 0.3 is 5.97 Å². The van der Waals surface area contributed by atoms with E-state index in [1.54, 1.807) is 19.1 Å². The van der Waals surface area contributed by atoms with Crippen molar-refractivity contribution in [1.29, 1.82) is 0 Å². The van der Waals surface area contributed by atoms with Gasteiger partial charge in [0, 0.05) is 67.3 Å². The lowest BCUT2D eigenvalue weighted by molar-refractivity contribution is -0.137. The minimum Gasteiger partial charge on any atom is -0.748 e. The quantitative estimate of drug-likeness (QED) is 0.0578. The first-order valence-corrected chi connectivity index (χ1v) is 24.3. The maximum Gasteiger partial charge on any atom is 0.303 e. The van der Waals surface area contributed by atoms with E-state index in [4.69, 9.17) is 32.8 Å². The molecule has 1 aromatic carbocycles. The number of carboxylic acid groups (broad SMARTS) is 1. The number of hydrogen-bond donors (Lipinski definition) is 1. The fourth-order valence-electron chi connectivity index (χ4n) is 7.12. The molecular weight excluding hydrogens is 873 g/mol. The molecule has 0 saturated carbocycles. The van der Waals surface area contributed by atoms with E-state index in [2.05, 4.69) is 4.58 Å². The summed E-state index contributed by atoms with van der Waals surface area (Å²) in [4.78, 5) is 12.9. The first-order valence-electron chi connectivity index (χ1n) is 21.3. The number of anilines is 1. The highest BCUT2D eigenvalue weighted by Gasteiger charge is 2.34. The van der Waals surface area contributed by atoms with E-state index in [1.165, 1.54) is 18.2 Å². The topological polar surface area (TPSA) is 226 Å². The number of nitrogens with zero attached hydrogens (tertiary/aromatic N) is 2. The number of methoxy groups -OCH3 is 2. The molecule has 356 valence electrons. The highest BCUT2D eigenvalue weighted by atomic mass is 32.2. The van der Waals surface area contributed by atoms with E-state index < -0.39 is 42.8 Å². The number of aliphatic carboxylic acids is 1. The van der Waals surface area contributed by atoms with Gasteiger partial charge in [-0.25, -0.2) is 21.4 Å². The second-order valence-corrected chi connectivity index (χ2v) is 19.1. The summed E-state index contributed by atoms with van der Waals surface area (Å²) in [6, 6.07) is 11.9. The summed E-state index contributed by atoms with van der Waals surface area (Å²) in [5, 5.41) is 10.3. The van der Waals surface area contributed by atoms with E-state index in [9.17, 15) is 35.8 Å². The van der Waals surface area contributed by atoms with Crippen LogP contribution in [0, 0.1) is 0 Å². The van der Waals surface area contributed by atoms with E-state index in [-0.39, 0.29) is 31.2 Å². The first kappa shape index (κ1) is 52.6. The third kappa shape index (κ3) is 17.1. The Balaban J connectivity index is 1.74. The number of benzene rings is 2. The molecule has 0 fully saturated rings. The summed E-state index contributed by atoms with van der Waals surface area (Å²) < 4.78 is 113. The molecule has 0 bridgehead atoms. The van der Waals surface area contributed by atoms with Crippen molar-refractivity contribution in [3.05, 3.63) is 82.6 Å². The zero-order chi connectivity index (χ0) is 46.8. The van der Waals surface area contributed by atoms with Crippen LogP contribution < -0.4 is 14.8 Å². The largest absolute Gasteiger partial charge is 0.748 e. The smallest absolute Gasteiger partial charge is 0.303 e. The molecule has 0 radical (unpaired) electrons. The zero-order valence-corrected chi connectivity index (χ0v) is 39.1. The Morgan fingerprint density at radius 3 is 2.00 bits per heavy atom. The summed E-state index contributed by atoms with van der Waals surface area (Å²) in [5.41, 5.74) is 2.92. The monoisotopic (exact) mass is 935 g/mol. The number of carboxylic acids is 1. The predicted octanol–water partition coefficient (Wildman–Crippen LogP) is 4.41. The van der Waals surface area contributed by atoms with Crippen LogP contribution >= 0.6 is 0 Å². The van der Waals surface area contributed by atoms with Crippen molar-refractivity contribution in [2.24, 2.45) is 0 Å². The maximum absolute atomic E-state index is 12.1. The Hall–Kier alpha value is -4.02. The molecule has 1 unspecified atom stereocenters. The number of allylic oxidation sites excluding steroid dienone is 3. The van der Waals surface area contributed by atoms with Crippen LogP contribution in [-0.4, -0.2) is 143 Å². The molecule has 1 atom stereocenters. The Kier molecular flexibility index (Phi) is 21.1. The Labute approximate surface area is 377 Å². The van der Waals surface area contributed by atoms with Crippen molar-refractivity contribution in [2.45, 2.75) is 62.7 Å². The Bertz CT molecular complexity index is 2260. The predicted molar refractivity (Wildman–Crippen MR) is 238 cm³/mol. The van der Waals surface area contributed by atoms with E-state index >= 15 is 0 Å². The SMILES string of the molecule is COCCOCCOCC[N+](CCOCCOCCOC)=c1ccc2c(/C=C/C=C3/C(CCCC(=O)O)c4cc(S(=O)(=O)[O-])ccc4N3CCCS(=O)(=O)[O-])cc(C(C)(C)C)oc-2c1. The molecule has 3 aliphatic rings. The van der Waals surface area contributed by atoms with E-state index in [0.29, 0.717) is 108 Å². The average Bonchev–Trinajstić information content (AvgIpc) is 3.51. The molecule has 0 saturated heterocycles. The first-order chi connectivity index (χ1) is 30.4. The van der Waals surface area contributed by atoms with Crippen molar-refractivity contribution in [3.8, 4) is 11.3 Å². The molecule has 17 nitrogen and oxygen atoms in total. The van der Waals surface area contributed by atoms with Gasteiger partial charge in [-0.1, -0.05) is 32.9 Å². The maximum atomic E-state index is 12.1. The summed E-state index contributed by atoms with van der Waals surface area (Å²) in [6.45, 7) is 12.0. The van der Waals surface area contributed by atoms with Crippen LogP contribution in [0.1, 0.15) is 69.3 Å². The standard InChI is InChI=1S/C45H64N2O15S2/c1-45(2,3)43-31-34(37-15-13-35(32-42(37)62-43)46(18-20-58-26-28-60-24-22-56-4)19-21-59-27-29-61-25-23-57-5)9-6-11-40-38(10-7-12-44(48)49)39-33-36(64(53,54)55)14-16-41(39)47(40)17-8-30-63(50,51)52/h6,9,11,13-16,31-33,38H,7-8,10,12,17-30H2,1-5H3,(H2-,48,49,50,51,52,53,54,55)/p-1. The number of hydrogen-bond acceptors (Lipinski definition) is 15. The average molecular weight is 936 g/mol. The van der Waals surface area contributed by atoms with Crippen LogP contribution in [0.5, 0.6) is 0 Å². The van der Waals surface area contributed by atoms with Crippen molar-refractivity contribution in [3.63, 3.8) is 0 Å². The second-order valence-electron chi connectivity index (χ2n) is 16.1. The Morgan fingerprint density at radius 2 is 1.44 bits per heavy atom. The van der Waals surface area contributed by atoms with Gasteiger partial charge in [-0.15, -0.1) is 0 Å². The van der Waals surface area contributed by atoms with Crippen molar-refractivity contribution in [2.75, 3.05) is 111 Å². The van der Waals surface area contributed by atoms with Gasteiger partial charge in [0.1, 0.15) is 34.9 Å². The minimum absolute atomic E-state index is 0.0280. The van der Waals surface area contributed by atoms with Gasteiger partial charge in [-0.3, -0.25) is 4.79 Å². The highest BCUT2D eigenvalue weighted by Crippen LogP contribution is 2.47. The Morgan fingerprint density at radius 1 is 0.828 bits per heavy atom. The second kappa shape index (κ2) is 25.6. The third-order valence-corrected chi connectivity index (χ3v) is 12.0. The molecule has 19 heteroatoms. The minimum atomic E-state index is -4.83. The summed E-state index contributed by atoms with van der Waals surface area (Å²) in [5.74, 6) is -0.808. The van der Waals surface area contributed by atoms with Crippen LogP contribution in [0.3, 0.4) is 0 Å². The molecular formula is C45H63N2O15S2-. The van der Waals surface area contributed by atoms with Crippen molar-refractivity contribution < 1.29 is 68.7 Å². The van der Waals surface area contributed by atoms with Gasteiger partial charge in [0.15, 0.2) is 13.1 Å². The molecule has 2 aliphatic heterocycles. The van der Waals surface area contributed by atoms with Crippen LogP contribution in [-0.2, 0) is 58.9 Å². The van der Waals surface area contributed by atoms with E-state index in [1.807, 2.05) is 63.3 Å². The van der Waals surface area contributed by atoms with Gasteiger partial charge in [0.25, 0.3) is 0 Å². The highest BCUT2D eigenvalue weighted by molar-refractivity contribution is 7.86. The van der Waals surface area contributed by atoms with Gasteiger partial charge in [-0.2, -0.15) is 0 Å². The van der Waals surface area contributed by atoms with Crippen LogP contribution in [0.4, 0.5) is 5.69 Å². The molecule has 0 amide bonds. The molecule has 0 spiro atoms. The number of rotatable bonds is 29. The van der Waals surface area contributed by atoms with Gasteiger partial charge in [0.05, 0.1) is 73.9 Å². The van der Waals surface area contributed by atoms with Crippen LogP contribution in [0.15, 0.2) is 69.6 Å². The van der Waals surface area contributed by atoms with Crippen LogP contribution in [0.2, 0.25) is 0 Å². The number of ether oxygens (including phenoxy) is 6. The molecule has 1 N–H and O–H groups in total. The molecule has 64 heavy (non-hydrogen) atoms. The van der Waals surface area contributed by atoms with Crippen LogP contribution in [0.25, 0.3) is 17.4 Å². The van der Waals surface area contributed by atoms with Gasteiger partial charge in [0.2, 0.25) is 5.36 Å². The molecule has 0 aromatic heterocycles. The number of fused-ring (bicyclic) bond motifs is 2. The molecule has 1 aromatic rings. The molecule has 4 rings (SSSR count). The number of carbonyl (C=O) groups is 1. The summed E-state index contributed by atoms with van der Waals surface area (Å²) in [6.07, 6.45) is 5.90. The van der Waals surface area contributed by atoms with Gasteiger partial charge < -0.3 is 52.0 Å². The lowest BCUT2D eigenvalue weighted by atomic mass is 9.90. The van der Waals surface area contributed by atoms with Crippen molar-refractivity contribution in [1.82, 2.24) is 4.58 Å². The third-order valence-electron chi connectivity index (χ3n) is 10.3. The normalized spacial score (nSPS) is 15.2. The fraction of sp³-hybridized carbons (Fsp3) is 0.556. The van der Waals surface area contributed by atoms with Crippen molar-refractivity contribution >= 4 is 38.0 Å². The lowest BCUT2D eigenvalue weighted by Crippen LogP contribution is -2.36. The molecule has 2 heterocycles. The zero-order valence-electron chi connectivity index (χ0n) is 37.5. The fourth-order valence-corrected chi connectivity index (χ4v) is 8.11. The van der Waals surface area contributed by atoms with E-state index in [0.717, 1.165) is 22.2 Å². The lowest BCUT2D eigenvalue weighted by Gasteiger charge is -2.24. The summed E-state index contributed by atoms with van der Waals surface area (Å²) in [7, 11) is -6.12. The van der Waals surface area contributed by atoms with Gasteiger partial charge in [-0.05, 0) is 66.8 Å².